The van der Waals surface area contributed by atoms with Gasteiger partial charge >= 0.3 is 6.05 Å². The predicted octanol–water partition coefficient (Wildman–Crippen LogP) is 3.70. The van der Waals surface area contributed by atoms with E-state index >= 15 is 0 Å². The van der Waals surface area contributed by atoms with Crippen molar-refractivity contribution in [1.29, 1.82) is 0 Å². The third-order valence-electron chi connectivity index (χ3n) is 6.63. The molecule has 1 aliphatic carbocycles. The van der Waals surface area contributed by atoms with Gasteiger partial charge in [0, 0.05) is 41.9 Å². The van der Waals surface area contributed by atoms with Gasteiger partial charge in [-0.05, 0) is 19.4 Å². The number of nitrogens with zero attached hydrogens (tertiary/aromatic N) is 9. The van der Waals surface area contributed by atoms with Crippen molar-refractivity contribution in [2.45, 2.75) is 37.6 Å². The molecule has 0 aromatic carbocycles. The summed E-state index contributed by atoms with van der Waals surface area (Å²) in [4.78, 5) is 23.3. The van der Waals surface area contributed by atoms with Crippen molar-refractivity contribution >= 4 is 28.8 Å². The molecule has 5 aromatic rings. The number of amides is 1. The molecule has 1 N–H and O–H groups in total. The molecule has 194 valence electrons. The maximum Gasteiger partial charge on any atom is 0.340 e. The van der Waals surface area contributed by atoms with Crippen molar-refractivity contribution in [2.24, 2.45) is 0 Å². The number of carbonyl (C=O) groups is 1. The Morgan fingerprint density at radius 2 is 1.92 bits per heavy atom. The fourth-order valence-corrected chi connectivity index (χ4v) is 5.09. The summed E-state index contributed by atoms with van der Waals surface area (Å²) in [5.74, 6) is -1.68. The fourth-order valence-electron chi connectivity index (χ4n) is 4.85. The molecular formula is C23H18ClF3N10O. The van der Waals surface area contributed by atoms with Crippen LogP contribution in [0.4, 0.5) is 18.9 Å². The highest BCUT2D eigenvalue weighted by Crippen LogP contribution is 2.50. The van der Waals surface area contributed by atoms with Crippen LogP contribution in [0.3, 0.4) is 0 Å². The van der Waals surface area contributed by atoms with Crippen molar-refractivity contribution in [3.8, 4) is 5.82 Å². The van der Waals surface area contributed by atoms with Gasteiger partial charge < -0.3 is 5.32 Å². The molecule has 15 heteroatoms. The number of halogens is 4. The molecule has 5 aromatic heterocycles. The van der Waals surface area contributed by atoms with E-state index in [9.17, 15) is 18.0 Å². The standard InChI is InChI=1S/C23H18ClF3N10O/c1-22(12-8-32-35(11-12)23(2,26)27)7-14(15-10-28-18-6-17(25)34-36(18)19(15)22)21(38)33-13-5-16(24)20(29-9-13)37-30-3-4-31-37/h3-6,8-11,14H,7H2,1-2H3,(H,33,38)/t14-,22-/m0/s1. The van der Waals surface area contributed by atoms with Gasteiger partial charge in [-0.15, -0.1) is 9.90 Å². The molecule has 11 nitrogen and oxygen atoms in total. The quantitative estimate of drug-likeness (QED) is 0.359. The van der Waals surface area contributed by atoms with Crippen LogP contribution in [0.1, 0.15) is 43.0 Å². The second-order valence-corrected chi connectivity index (χ2v) is 9.65. The van der Waals surface area contributed by atoms with Gasteiger partial charge in [-0.1, -0.05) is 11.6 Å². The summed E-state index contributed by atoms with van der Waals surface area (Å²) < 4.78 is 43.9. The van der Waals surface area contributed by atoms with Crippen molar-refractivity contribution in [1.82, 2.24) is 44.4 Å². The highest BCUT2D eigenvalue weighted by atomic mass is 35.5. The first-order valence-electron chi connectivity index (χ1n) is 11.4. The van der Waals surface area contributed by atoms with Gasteiger partial charge in [0.15, 0.2) is 11.5 Å². The second-order valence-electron chi connectivity index (χ2n) is 9.24. The number of fused-ring (bicyclic) bond motifs is 3. The lowest BCUT2D eigenvalue weighted by molar-refractivity contribution is -0.117. The van der Waals surface area contributed by atoms with Crippen molar-refractivity contribution < 1.29 is 18.0 Å². The summed E-state index contributed by atoms with van der Waals surface area (Å²) in [6.07, 6.45) is 8.55. The Balaban J connectivity index is 1.39. The normalized spacial score (nSPS) is 19.2. The minimum atomic E-state index is -3.23. The minimum Gasteiger partial charge on any atom is -0.324 e. The molecular weight excluding hydrogens is 525 g/mol. The van der Waals surface area contributed by atoms with Crippen LogP contribution >= 0.6 is 11.6 Å². The molecule has 0 saturated heterocycles. The monoisotopic (exact) mass is 542 g/mol. The minimum absolute atomic E-state index is 0.161. The number of nitrogens with one attached hydrogen (secondary N) is 1. The topological polar surface area (TPSA) is 121 Å². The summed E-state index contributed by atoms with van der Waals surface area (Å²) in [6, 6.07) is -0.568. The van der Waals surface area contributed by atoms with E-state index < -0.39 is 29.2 Å². The lowest BCUT2D eigenvalue weighted by Crippen LogP contribution is -2.25. The van der Waals surface area contributed by atoms with Crippen molar-refractivity contribution in [3.63, 3.8) is 0 Å². The van der Waals surface area contributed by atoms with Crippen LogP contribution in [-0.2, 0) is 16.3 Å². The Labute approximate surface area is 217 Å². The van der Waals surface area contributed by atoms with Crippen LogP contribution in [0, 0.1) is 5.95 Å². The highest BCUT2D eigenvalue weighted by Gasteiger charge is 2.48. The highest BCUT2D eigenvalue weighted by molar-refractivity contribution is 6.32. The zero-order valence-corrected chi connectivity index (χ0v) is 20.6. The third kappa shape index (κ3) is 3.79. The number of pyridine rings is 1. The first kappa shape index (κ1) is 24.0. The lowest BCUT2D eigenvalue weighted by Gasteiger charge is -2.24. The van der Waals surface area contributed by atoms with Crippen LogP contribution in [0.15, 0.2) is 49.3 Å². The second kappa shape index (κ2) is 8.34. The lowest BCUT2D eigenvalue weighted by atomic mass is 9.80. The molecule has 0 bridgehead atoms. The molecule has 0 spiro atoms. The maximum atomic E-state index is 14.1. The van der Waals surface area contributed by atoms with Gasteiger partial charge in [-0.25, -0.2) is 19.2 Å². The molecule has 1 amide bonds. The molecule has 0 saturated carbocycles. The Bertz CT molecular complexity index is 1690. The zero-order valence-electron chi connectivity index (χ0n) is 19.8. The SMILES string of the molecule is CC(F)(F)n1cc([C@]2(C)C[C@H](C(=O)Nc3cnc(-n4nccn4)c(Cl)c3)c3cnc4cc(F)nn4c32)cn1. The third-order valence-corrected chi connectivity index (χ3v) is 6.91. The zero-order chi connectivity index (χ0) is 26.8. The van der Waals surface area contributed by atoms with Gasteiger partial charge in [0.25, 0.3) is 0 Å². The molecule has 0 unspecified atom stereocenters. The molecule has 1 aliphatic rings. The van der Waals surface area contributed by atoms with Gasteiger partial charge in [-0.2, -0.15) is 28.5 Å². The van der Waals surface area contributed by atoms with E-state index in [0.717, 1.165) is 13.0 Å². The maximum absolute atomic E-state index is 14.1. The summed E-state index contributed by atoms with van der Waals surface area (Å²) in [5.41, 5.74) is 0.880. The Morgan fingerprint density at radius 3 is 2.61 bits per heavy atom. The first-order chi connectivity index (χ1) is 18.0. The number of hydrogen-bond donors (Lipinski definition) is 1. The van der Waals surface area contributed by atoms with Crippen LogP contribution in [0.5, 0.6) is 0 Å². The van der Waals surface area contributed by atoms with Crippen LogP contribution in [0.25, 0.3) is 11.5 Å². The molecule has 2 atom stereocenters. The van der Waals surface area contributed by atoms with Gasteiger partial charge in [0.1, 0.15) is 0 Å². The van der Waals surface area contributed by atoms with Crippen LogP contribution in [0.2, 0.25) is 5.02 Å². The van der Waals surface area contributed by atoms with Gasteiger partial charge in [0.05, 0.1) is 47.1 Å². The van der Waals surface area contributed by atoms with E-state index in [0.29, 0.717) is 27.2 Å². The van der Waals surface area contributed by atoms with Crippen LogP contribution < -0.4 is 5.32 Å². The summed E-state index contributed by atoms with van der Waals surface area (Å²) in [5, 5.41) is 18.7. The summed E-state index contributed by atoms with van der Waals surface area (Å²) >= 11 is 6.33. The van der Waals surface area contributed by atoms with Gasteiger partial charge in [0.2, 0.25) is 11.9 Å². The smallest absolute Gasteiger partial charge is 0.324 e. The Hall–Kier alpha value is -4.33. The van der Waals surface area contributed by atoms with Gasteiger partial charge in [-0.3, -0.25) is 4.79 Å². The first-order valence-corrected chi connectivity index (χ1v) is 11.7. The Kier molecular flexibility index (Phi) is 5.28. The van der Waals surface area contributed by atoms with E-state index in [4.69, 9.17) is 11.6 Å². The van der Waals surface area contributed by atoms with Crippen molar-refractivity contribution in [3.05, 3.63) is 77.1 Å². The van der Waals surface area contributed by atoms with E-state index in [1.165, 1.54) is 52.6 Å². The van der Waals surface area contributed by atoms with E-state index in [1.54, 1.807) is 6.92 Å². The molecule has 0 fully saturated rings. The largest absolute Gasteiger partial charge is 0.340 e. The summed E-state index contributed by atoms with van der Waals surface area (Å²) in [6.45, 7) is 2.50. The number of rotatable bonds is 5. The molecule has 5 heterocycles. The average molecular weight is 543 g/mol. The Morgan fingerprint density at radius 1 is 1.16 bits per heavy atom. The van der Waals surface area contributed by atoms with E-state index in [1.807, 2.05) is 0 Å². The van der Waals surface area contributed by atoms with E-state index in [2.05, 4.69) is 35.7 Å². The fraction of sp³-hybridized carbons (Fsp3) is 0.261. The summed E-state index contributed by atoms with van der Waals surface area (Å²) in [7, 11) is 0. The predicted molar refractivity (Wildman–Crippen MR) is 128 cm³/mol. The average Bonchev–Trinajstić information content (AvgIpc) is 3.64. The number of aromatic nitrogens is 9. The molecule has 0 radical (unpaired) electrons. The number of hydrogen-bond acceptors (Lipinski definition) is 7. The van der Waals surface area contributed by atoms with Crippen molar-refractivity contribution in [2.75, 3.05) is 5.32 Å². The molecule has 38 heavy (non-hydrogen) atoms. The molecule has 6 rings (SSSR count). The number of alkyl halides is 2. The van der Waals surface area contributed by atoms with Crippen LogP contribution in [-0.4, -0.2) is 50.3 Å². The molecule has 0 aliphatic heterocycles. The number of anilines is 1. The van der Waals surface area contributed by atoms with E-state index in [-0.39, 0.29) is 22.9 Å². The number of carbonyl (C=O) groups excluding carboxylic acids is 1.